The Morgan fingerprint density at radius 1 is 1.04 bits per heavy atom. The molecular weight excluding hydrogens is 346 g/mol. The Morgan fingerprint density at radius 3 is 1.96 bits per heavy atom. The molecule has 1 saturated carbocycles. The fraction of sp³-hybridized carbons (Fsp3) is 0.680. The Bertz CT molecular complexity index is 573. The number of carbonyl (C=O) groups excluding carboxylic acids is 2. The van der Waals surface area contributed by atoms with Gasteiger partial charge in [0.05, 0.1) is 0 Å². The smallest absolute Gasteiger partial charge is 0.106 e. The van der Waals surface area contributed by atoms with Crippen LogP contribution in [0.25, 0.3) is 0 Å². The van der Waals surface area contributed by atoms with Crippen LogP contribution < -0.4 is 0 Å². The molecule has 1 aromatic rings. The number of nitrogens with zero attached hydrogens (tertiary/aromatic N) is 1. The molecule has 0 amide bonds. The monoisotopic (exact) mass is 389 g/mol. The van der Waals surface area contributed by atoms with Crippen LogP contribution in [-0.4, -0.2) is 38.1 Å². The van der Waals surface area contributed by atoms with Crippen LogP contribution in [0.3, 0.4) is 0 Å². The number of carbonyl (C=O) groups is 2. The molecule has 3 rings (SSSR count). The Balaban J connectivity index is 0.000000443. The average molecular weight is 390 g/mol. The van der Waals surface area contributed by atoms with E-state index >= 15 is 0 Å². The summed E-state index contributed by atoms with van der Waals surface area (Å²) in [5.74, 6) is 0. The predicted octanol–water partition coefficient (Wildman–Crippen LogP) is 5.83. The van der Waals surface area contributed by atoms with E-state index in [9.17, 15) is 0 Å². The lowest BCUT2D eigenvalue weighted by atomic mass is 9.65. The molecule has 0 spiro atoms. The van der Waals surface area contributed by atoms with Crippen molar-refractivity contribution in [1.82, 2.24) is 4.90 Å². The lowest BCUT2D eigenvalue weighted by molar-refractivity contribution is -0.0987. The first kappa shape index (κ1) is 26.5. The van der Waals surface area contributed by atoms with Crippen LogP contribution in [0, 0.1) is 17.8 Å². The van der Waals surface area contributed by atoms with Crippen LogP contribution in [-0.2, 0) is 15.0 Å². The summed E-state index contributed by atoms with van der Waals surface area (Å²) in [6.07, 6.45) is 5.45. The summed E-state index contributed by atoms with van der Waals surface area (Å²) in [4.78, 5) is 18.6. The highest BCUT2D eigenvalue weighted by Crippen LogP contribution is 2.51. The van der Waals surface area contributed by atoms with Crippen molar-refractivity contribution >= 4 is 13.6 Å². The molecule has 1 heterocycles. The number of rotatable bonds is 2. The summed E-state index contributed by atoms with van der Waals surface area (Å²) in [5.41, 5.74) is 4.32. The van der Waals surface area contributed by atoms with Crippen molar-refractivity contribution in [2.75, 3.05) is 13.6 Å². The molecule has 0 radical (unpaired) electrons. The zero-order chi connectivity index (χ0) is 22.2. The number of likely N-dealkylation sites (tertiary alicyclic amines) is 1. The summed E-state index contributed by atoms with van der Waals surface area (Å²) in [6.45, 7) is 21.6. The average Bonchev–Trinajstić information content (AvgIpc) is 2.86. The summed E-state index contributed by atoms with van der Waals surface area (Å²) in [5, 5.41) is 0. The maximum Gasteiger partial charge on any atom is 0.106 e. The lowest BCUT2D eigenvalue weighted by Crippen LogP contribution is -2.33. The SMILES string of the molecule is C=O.C=O.CCC(C)(C)c1ccc(C)cc1.CN1CC2(C)CC1CC(C)(C)C2. The topological polar surface area (TPSA) is 37.4 Å². The number of hydrogen-bond acceptors (Lipinski definition) is 3. The minimum Gasteiger partial charge on any atom is -0.307 e. The molecule has 1 aromatic carbocycles. The van der Waals surface area contributed by atoms with Crippen LogP contribution in [0.5, 0.6) is 0 Å². The van der Waals surface area contributed by atoms with Gasteiger partial charge in [-0.3, -0.25) is 0 Å². The molecule has 1 aliphatic carbocycles. The predicted molar refractivity (Wildman–Crippen MR) is 121 cm³/mol. The molecule has 2 unspecified atom stereocenters. The van der Waals surface area contributed by atoms with E-state index in [2.05, 4.69) is 84.7 Å². The van der Waals surface area contributed by atoms with Crippen molar-refractivity contribution in [3.8, 4) is 0 Å². The van der Waals surface area contributed by atoms with Gasteiger partial charge in [-0.25, -0.2) is 0 Å². The zero-order valence-corrected chi connectivity index (χ0v) is 19.6. The number of hydrogen-bond donors (Lipinski definition) is 0. The highest BCUT2D eigenvalue weighted by atomic mass is 16.1. The normalized spacial score (nSPS) is 25.2. The van der Waals surface area contributed by atoms with Crippen LogP contribution in [0.15, 0.2) is 24.3 Å². The van der Waals surface area contributed by atoms with Crippen molar-refractivity contribution in [2.24, 2.45) is 10.8 Å². The third-order valence-electron chi connectivity index (χ3n) is 6.39. The van der Waals surface area contributed by atoms with Gasteiger partial charge in [-0.05, 0) is 61.5 Å². The lowest BCUT2D eigenvalue weighted by Gasteiger charge is -2.39. The van der Waals surface area contributed by atoms with Gasteiger partial charge >= 0.3 is 0 Å². The molecule has 3 nitrogen and oxygen atoms in total. The molecular formula is C25H43NO2. The van der Waals surface area contributed by atoms with Gasteiger partial charge in [-0.2, -0.15) is 0 Å². The Morgan fingerprint density at radius 2 is 1.54 bits per heavy atom. The molecule has 0 aromatic heterocycles. The molecule has 2 atom stereocenters. The molecule has 2 bridgehead atoms. The third kappa shape index (κ3) is 7.50. The van der Waals surface area contributed by atoms with Gasteiger partial charge in [0.25, 0.3) is 0 Å². The van der Waals surface area contributed by atoms with E-state index in [1.807, 2.05) is 13.6 Å². The van der Waals surface area contributed by atoms with Crippen molar-refractivity contribution in [3.05, 3.63) is 35.4 Å². The first-order valence-corrected chi connectivity index (χ1v) is 10.3. The Kier molecular flexibility index (Phi) is 10.3. The molecule has 1 aliphatic heterocycles. The first-order chi connectivity index (χ1) is 13.0. The highest BCUT2D eigenvalue weighted by molar-refractivity contribution is 5.27. The van der Waals surface area contributed by atoms with Gasteiger partial charge in [0, 0.05) is 12.6 Å². The number of aryl methyl sites for hydroxylation is 1. The fourth-order valence-corrected chi connectivity index (χ4v) is 4.95. The van der Waals surface area contributed by atoms with E-state index in [0.717, 1.165) is 6.04 Å². The van der Waals surface area contributed by atoms with Gasteiger partial charge in [-0.1, -0.05) is 71.4 Å². The van der Waals surface area contributed by atoms with Crippen LogP contribution in [0.4, 0.5) is 0 Å². The Labute approximate surface area is 173 Å². The second-order valence-electron chi connectivity index (χ2n) is 10.2. The van der Waals surface area contributed by atoms with Crippen molar-refractivity contribution < 1.29 is 9.59 Å². The van der Waals surface area contributed by atoms with Crippen LogP contribution in [0.2, 0.25) is 0 Å². The van der Waals surface area contributed by atoms with Crippen LogP contribution >= 0.6 is 0 Å². The standard InChI is InChI=1S/C12H18.C11H21N.2CH2O/c1-5-12(3,4)11-8-6-10(2)7-9-11;1-10(2)5-9-6-11(3,7-10)8-12(9)4;2*1-2/h6-9H,5H2,1-4H3;9H,5-8H2,1-4H3;2*1H2. The largest absolute Gasteiger partial charge is 0.307 e. The molecule has 0 N–H and O–H groups in total. The quantitative estimate of drug-likeness (QED) is 0.638. The molecule has 3 heteroatoms. The summed E-state index contributed by atoms with van der Waals surface area (Å²) >= 11 is 0. The van der Waals surface area contributed by atoms with E-state index in [0.29, 0.717) is 16.2 Å². The van der Waals surface area contributed by atoms with Crippen molar-refractivity contribution in [3.63, 3.8) is 0 Å². The van der Waals surface area contributed by atoms with Gasteiger partial charge in [0.15, 0.2) is 0 Å². The molecule has 160 valence electrons. The molecule has 2 aliphatic rings. The zero-order valence-electron chi connectivity index (χ0n) is 19.6. The fourth-order valence-electron chi connectivity index (χ4n) is 4.95. The van der Waals surface area contributed by atoms with Crippen LogP contribution in [0.1, 0.15) is 78.4 Å². The number of benzene rings is 1. The second kappa shape index (κ2) is 10.9. The molecule has 1 saturated heterocycles. The first-order valence-electron chi connectivity index (χ1n) is 10.3. The molecule has 2 fully saturated rings. The van der Waals surface area contributed by atoms with Crippen molar-refractivity contribution in [2.45, 2.75) is 85.6 Å². The summed E-state index contributed by atoms with van der Waals surface area (Å²) in [7, 11) is 2.29. The van der Waals surface area contributed by atoms with E-state index in [1.54, 1.807) is 0 Å². The summed E-state index contributed by atoms with van der Waals surface area (Å²) in [6, 6.07) is 9.72. The maximum atomic E-state index is 8.00. The highest BCUT2D eigenvalue weighted by Gasteiger charge is 2.48. The summed E-state index contributed by atoms with van der Waals surface area (Å²) < 4.78 is 0. The van der Waals surface area contributed by atoms with Gasteiger partial charge in [0.2, 0.25) is 0 Å². The minimum absolute atomic E-state index is 0.327. The maximum absolute atomic E-state index is 8.00. The van der Waals surface area contributed by atoms with Gasteiger partial charge in [0.1, 0.15) is 13.6 Å². The van der Waals surface area contributed by atoms with E-state index < -0.39 is 0 Å². The van der Waals surface area contributed by atoms with E-state index in [-0.39, 0.29) is 0 Å². The number of fused-ring (bicyclic) bond motifs is 2. The van der Waals surface area contributed by atoms with Gasteiger partial charge in [-0.15, -0.1) is 0 Å². The molecule has 28 heavy (non-hydrogen) atoms. The minimum atomic E-state index is 0.327. The van der Waals surface area contributed by atoms with Gasteiger partial charge < -0.3 is 14.5 Å². The van der Waals surface area contributed by atoms with Crippen molar-refractivity contribution in [1.29, 1.82) is 0 Å². The Hall–Kier alpha value is -1.48. The third-order valence-corrected chi connectivity index (χ3v) is 6.39. The second-order valence-corrected chi connectivity index (χ2v) is 10.2. The van der Waals surface area contributed by atoms with E-state index in [4.69, 9.17) is 9.59 Å². The van der Waals surface area contributed by atoms with E-state index in [1.165, 1.54) is 43.4 Å².